The second kappa shape index (κ2) is 11.2. The van der Waals surface area contributed by atoms with Crippen molar-refractivity contribution in [3.8, 4) is 5.75 Å². The van der Waals surface area contributed by atoms with E-state index in [9.17, 15) is 14.7 Å². The van der Waals surface area contributed by atoms with E-state index in [1.54, 1.807) is 36.7 Å². The van der Waals surface area contributed by atoms with Crippen molar-refractivity contribution in [2.45, 2.75) is 52.6 Å². The molecule has 0 aliphatic carbocycles. The van der Waals surface area contributed by atoms with Crippen LogP contribution in [0.25, 0.3) is 5.76 Å². The number of amides is 1. The molecule has 3 aromatic rings. The van der Waals surface area contributed by atoms with Crippen molar-refractivity contribution >= 4 is 17.4 Å². The third kappa shape index (κ3) is 5.18. The van der Waals surface area contributed by atoms with Gasteiger partial charge in [-0.25, -0.2) is 0 Å². The van der Waals surface area contributed by atoms with Gasteiger partial charge in [0, 0.05) is 24.5 Å². The maximum atomic E-state index is 13.3. The van der Waals surface area contributed by atoms with Gasteiger partial charge in [0.2, 0.25) is 0 Å². The van der Waals surface area contributed by atoms with Crippen LogP contribution in [0, 0.1) is 6.92 Å². The predicted molar refractivity (Wildman–Crippen MR) is 139 cm³/mol. The van der Waals surface area contributed by atoms with E-state index in [2.05, 4.69) is 18.8 Å². The van der Waals surface area contributed by atoms with Crippen molar-refractivity contribution in [1.82, 2.24) is 9.88 Å². The molecule has 1 aliphatic rings. The van der Waals surface area contributed by atoms with Crippen LogP contribution in [0.3, 0.4) is 0 Å². The summed E-state index contributed by atoms with van der Waals surface area (Å²) in [5.41, 5.74) is 4.14. The minimum atomic E-state index is -0.711. The van der Waals surface area contributed by atoms with Crippen molar-refractivity contribution in [2.75, 3.05) is 6.61 Å². The van der Waals surface area contributed by atoms with Crippen LogP contribution in [0.4, 0.5) is 0 Å². The normalized spacial score (nSPS) is 17.0. The number of ether oxygens (including phenoxy) is 1. The summed E-state index contributed by atoms with van der Waals surface area (Å²) in [6.07, 6.45) is 6.21. The Hall–Kier alpha value is -3.93. The van der Waals surface area contributed by atoms with E-state index in [1.165, 1.54) is 4.90 Å². The highest BCUT2D eigenvalue weighted by Crippen LogP contribution is 2.40. The number of carbonyl (C=O) groups excluding carboxylic acids is 2. The highest BCUT2D eigenvalue weighted by molar-refractivity contribution is 6.46. The second-order valence-electron chi connectivity index (χ2n) is 9.07. The number of carbonyl (C=O) groups is 2. The van der Waals surface area contributed by atoms with E-state index in [1.807, 2.05) is 37.3 Å². The number of hydrogen-bond donors (Lipinski definition) is 1. The Labute approximate surface area is 212 Å². The van der Waals surface area contributed by atoms with Gasteiger partial charge in [0.1, 0.15) is 11.5 Å². The van der Waals surface area contributed by atoms with E-state index in [4.69, 9.17) is 4.74 Å². The molecule has 1 N–H and O–H groups in total. The van der Waals surface area contributed by atoms with E-state index in [0.29, 0.717) is 12.2 Å². The van der Waals surface area contributed by atoms with Gasteiger partial charge in [0.05, 0.1) is 18.2 Å². The summed E-state index contributed by atoms with van der Waals surface area (Å²) in [5.74, 6) is -0.776. The molecule has 1 saturated heterocycles. The van der Waals surface area contributed by atoms with Gasteiger partial charge in [-0.15, -0.1) is 0 Å². The molecule has 4 rings (SSSR count). The molecule has 1 aromatic heterocycles. The largest absolute Gasteiger partial charge is 0.507 e. The van der Waals surface area contributed by atoms with Crippen molar-refractivity contribution < 1.29 is 19.4 Å². The fourth-order valence-electron chi connectivity index (χ4n) is 4.45. The average Bonchev–Trinajstić information content (AvgIpc) is 3.15. The zero-order valence-corrected chi connectivity index (χ0v) is 21.0. The summed E-state index contributed by atoms with van der Waals surface area (Å²) < 4.78 is 5.84. The SMILES string of the molecule is CCCCOc1ccc(/C(O)=C2\C(=O)C(=O)N(Cc3cccnc3)[C@H]2c2ccc(CC)cc2)cc1C. The Morgan fingerprint density at radius 3 is 2.47 bits per heavy atom. The van der Waals surface area contributed by atoms with Gasteiger partial charge in [-0.1, -0.05) is 50.6 Å². The molecule has 0 unspecified atom stereocenters. The van der Waals surface area contributed by atoms with Gasteiger partial charge in [-0.05, 0) is 66.3 Å². The van der Waals surface area contributed by atoms with Crippen LogP contribution >= 0.6 is 0 Å². The number of pyridine rings is 1. The maximum absolute atomic E-state index is 13.3. The molecular weight excluding hydrogens is 452 g/mol. The number of benzene rings is 2. The van der Waals surface area contributed by atoms with Gasteiger partial charge in [-0.2, -0.15) is 0 Å². The number of likely N-dealkylation sites (tertiary alicyclic amines) is 1. The lowest BCUT2D eigenvalue weighted by molar-refractivity contribution is -0.140. The highest BCUT2D eigenvalue weighted by Gasteiger charge is 2.46. The zero-order valence-electron chi connectivity index (χ0n) is 21.0. The van der Waals surface area contributed by atoms with Crippen molar-refractivity contribution in [3.05, 3.63) is 100 Å². The molecular formula is C30H32N2O4. The molecule has 6 nitrogen and oxygen atoms in total. The molecule has 186 valence electrons. The first kappa shape index (κ1) is 25.2. The first-order chi connectivity index (χ1) is 17.4. The summed E-state index contributed by atoms with van der Waals surface area (Å²) in [6, 6.07) is 16.1. The third-order valence-corrected chi connectivity index (χ3v) is 6.52. The monoisotopic (exact) mass is 484 g/mol. The van der Waals surface area contributed by atoms with E-state index >= 15 is 0 Å². The van der Waals surface area contributed by atoms with Gasteiger partial charge >= 0.3 is 0 Å². The van der Waals surface area contributed by atoms with E-state index in [0.717, 1.165) is 47.3 Å². The summed E-state index contributed by atoms with van der Waals surface area (Å²) in [6.45, 7) is 6.91. The summed E-state index contributed by atoms with van der Waals surface area (Å²) >= 11 is 0. The number of nitrogens with zero attached hydrogens (tertiary/aromatic N) is 2. The fourth-order valence-corrected chi connectivity index (χ4v) is 4.45. The molecule has 0 bridgehead atoms. The number of ketones is 1. The number of aliphatic hydroxyl groups is 1. The molecule has 0 saturated carbocycles. The first-order valence-electron chi connectivity index (χ1n) is 12.4. The quantitative estimate of drug-likeness (QED) is 0.181. The van der Waals surface area contributed by atoms with Crippen molar-refractivity contribution in [3.63, 3.8) is 0 Å². The second-order valence-corrected chi connectivity index (χ2v) is 9.07. The number of unbranched alkanes of at least 4 members (excludes halogenated alkanes) is 1. The molecule has 6 heteroatoms. The number of hydrogen-bond acceptors (Lipinski definition) is 5. The Kier molecular flexibility index (Phi) is 7.84. The number of aliphatic hydroxyl groups excluding tert-OH is 1. The highest BCUT2D eigenvalue weighted by atomic mass is 16.5. The molecule has 0 spiro atoms. The maximum Gasteiger partial charge on any atom is 0.295 e. The number of aryl methyl sites for hydroxylation is 2. The van der Waals surface area contributed by atoms with Crippen molar-refractivity contribution in [1.29, 1.82) is 0 Å². The average molecular weight is 485 g/mol. The predicted octanol–water partition coefficient (Wildman–Crippen LogP) is 5.75. The Morgan fingerprint density at radius 2 is 1.83 bits per heavy atom. The molecule has 2 heterocycles. The molecule has 1 fully saturated rings. The fraction of sp³-hybridized carbons (Fsp3) is 0.300. The lowest BCUT2D eigenvalue weighted by Gasteiger charge is -2.25. The van der Waals surface area contributed by atoms with Crippen LogP contribution in [0.1, 0.15) is 60.5 Å². The van der Waals surface area contributed by atoms with Crippen LogP contribution in [0.15, 0.2) is 72.6 Å². The first-order valence-corrected chi connectivity index (χ1v) is 12.4. The van der Waals surface area contributed by atoms with Gasteiger partial charge < -0.3 is 14.7 Å². The summed E-state index contributed by atoms with van der Waals surface area (Å²) in [5, 5.41) is 11.4. The number of Topliss-reactive ketones (excluding diaryl/α,β-unsaturated/α-hetero) is 1. The standard InChI is InChI=1S/C30H32N2O4/c1-4-6-16-36-25-14-13-24(17-20(25)3)28(33)26-27(23-11-9-21(5-2)10-12-23)32(30(35)29(26)34)19-22-8-7-15-31-18-22/h7-15,17-18,27,33H,4-6,16,19H2,1-3H3/b28-26+/t27-/m0/s1. The van der Waals surface area contributed by atoms with E-state index < -0.39 is 17.7 Å². The smallest absolute Gasteiger partial charge is 0.295 e. The van der Waals surface area contributed by atoms with Crippen molar-refractivity contribution in [2.24, 2.45) is 0 Å². The lowest BCUT2D eigenvalue weighted by Crippen LogP contribution is -2.29. The topological polar surface area (TPSA) is 79.7 Å². The third-order valence-electron chi connectivity index (χ3n) is 6.52. The minimum Gasteiger partial charge on any atom is -0.507 e. The Bertz CT molecular complexity index is 1270. The molecule has 0 radical (unpaired) electrons. The number of rotatable bonds is 9. The van der Waals surface area contributed by atoms with E-state index in [-0.39, 0.29) is 17.9 Å². The van der Waals surface area contributed by atoms with Gasteiger partial charge in [0.15, 0.2) is 0 Å². The van der Waals surface area contributed by atoms with Crippen LogP contribution in [0.5, 0.6) is 5.75 Å². The van der Waals surface area contributed by atoms with Gasteiger partial charge in [-0.3, -0.25) is 14.6 Å². The molecule has 1 aliphatic heterocycles. The molecule has 2 aromatic carbocycles. The van der Waals surface area contributed by atoms with Crippen LogP contribution in [-0.2, 0) is 22.6 Å². The Morgan fingerprint density at radius 1 is 1.06 bits per heavy atom. The molecule has 1 amide bonds. The number of aromatic nitrogens is 1. The lowest BCUT2D eigenvalue weighted by atomic mass is 9.94. The minimum absolute atomic E-state index is 0.0900. The Balaban J connectivity index is 1.77. The summed E-state index contributed by atoms with van der Waals surface area (Å²) in [4.78, 5) is 32.2. The van der Waals surface area contributed by atoms with Crippen LogP contribution in [-0.4, -0.2) is 33.3 Å². The molecule has 1 atom stereocenters. The molecule has 36 heavy (non-hydrogen) atoms. The van der Waals surface area contributed by atoms with Gasteiger partial charge in [0.25, 0.3) is 11.7 Å². The van der Waals surface area contributed by atoms with Crippen LogP contribution in [0.2, 0.25) is 0 Å². The van der Waals surface area contributed by atoms with Crippen LogP contribution < -0.4 is 4.74 Å². The zero-order chi connectivity index (χ0) is 25.7. The summed E-state index contributed by atoms with van der Waals surface area (Å²) in [7, 11) is 0.